The highest BCUT2D eigenvalue weighted by atomic mass is 35.5. The highest BCUT2D eigenvalue weighted by Crippen LogP contribution is 2.52. The van der Waals surface area contributed by atoms with E-state index in [2.05, 4.69) is 16.9 Å². The van der Waals surface area contributed by atoms with E-state index in [-0.39, 0.29) is 5.75 Å². The molecule has 1 saturated heterocycles. The average molecular weight is 572 g/mol. The molecule has 1 aliphatic heterocycles. The lowest BCUT2D eigenvalue weighted by Gasteiger charge is -2.25. The number of aromatic amines is 1. The van der Waals surface area contributed by atoms with Gasteiger partial charge in [-0.15, -0.1) is 5.92 Å². The fourth-order valence-corrected chi connectivity index (χ4v) is 5.11. The molecule has 3 rings (SSSR count). The van der Waals surface area contributed by atoms with Crippen molar-refractivity contribution in [1.29, 1.82) is 0 Å². The van der Waals surface area contributed by atoms with Crippen LogP contribution in [0.15, 0.2) is 46.1 Å². The fourth-order valence-electron chi connectivity index (χ4n) is 3.40. The van der Waals surface area contributed by atoms with E-state index in [1.807, 2.05) is 4.98 Å². The van der Waals surface area contributed by atoms with Gasteiger partial charge in [0, 0.05) is 0 Å². The zero-order chi connectivity index (χ0) is 28.1. The summed E-state index contributed by atoms with van der Waals surface area (Å²) in [7, 11) is -4.54. The topological polar surface area (TPSA) is 168 Å². The monoisotopic (exact) mass is 571 g/mol. The third-order valence-corrected chi connectivity index (χ3v) is 7.03. The maximum Gasteiger partial charge on any atom is 0.530 e. The minimum absolute atomic E-state index is 0.110. The molecule has 0 bridgehead atoms. The molecule has 1 aromatic carbocycles. The molecule has 2 aromatic rings. The SMILES string of the molecule is CC#C[C@@]1(Cl)C(O)[C@@H](CO[P@](=O)(Oc2ccccc2)O[C@@H](C)C(=O)OC(C)C)O[C@H]1n1ncc(=O)[nH]c1=O. The van der Waals surface area contributed by atoms with Crippen molar-refractivity contribution in [3.05, 3.63) is 57.4 Å². The van der Waals surface area contributed by atoms with Gasteiger partial charge in [0.05, 0.1) is 12.7 Å². The van der Waals surface area contributed by atoms with Gasteiger partial charge in [0.25, 0.3) is 5.56 Å². The number of aliphatic hydroxyl groups is 1. The summed E-state index contributed by atoms with van der Waals surface area (Å²) in [4.78, 5) is 36.1. The van der Waals surface area contributed by atoms with Crippen LogP contribution < -0.4 is 15.8 Å². The lowest BCUT2D eigenvalue weighted by atomic mass is 9.99. The largest absolute Gasteiger partial charge is 0.530 e. The second-order valence-corrected chi connectivity index (χ2v) is 10.6. The van der Waals surface area contributed by atoms with Crippen molar-refractivity contribution in [1.82, 2.24) is 14.8 Å². The van der Waals surface area contributed by atoms with Crippen LogP contribution in [0.5, 0.6) is 5.75 Å². The Morgan fingerprint density at radius 2 is 2.00 bits per heavy atom. The molecule has 0 amide bonds. The zero-order valence-corrected chi connectivity index (χ0v) is 22.5. The van der Waals surface area contributed by atoms with E-state index < -0.39 is 67.2 Å². The van der Waals surface area contributed by atoms with Crippen molar-refractivity contribution in [3.63, 3.8) is 0 Å². The number of para-hydroxylation sites is 1. The zero-order valence-electron chi connectivity index (χ0n) is 20.9. The number of aromatic nitrogens is 3. The van der Waals surface area contributed by atoms with E-state index in [1.165, 1.54) is 26.0 Å². The molecule has 1 aromatic heterocycles. The molecule has 15 heteroatoms. The first-order chi connectivity index (χ1) is 17.9. The van der Waals surface area contributed by atoms with Crippen LogP contribution >= 0.6 is 19.4 Å². The van der Waals surface area contributed by atoms with Gasteiger partial charge in [0.2, 0.25) is 0 Å². The number of ether oxygens (including phenoxy) is 2. The third kappa shape index (κ3) is 6.91. The van der Waals surface area contributed by atoms with Gasteiger partial charge in [0.1, 0.15) is 24.2 Å². The van der Waals surface area contributed by atoms with Crippen LogP contribution in [0.4, 0.5) is 0 Å². The number of halogens is 1. The van der Waals surface area contributed by atoms with Crippen LogP contribution in [0.3, 0.4) is 0 Å². The van der Waals surface area contributed by atoms with Crippen molar-refractivity contribution < 1.29 is 37.5 Å². The van der Waals surface area contributed by atoms with Gasteiger partial charge in [-0.2, -0.15) is 9.78 Å². The third-order valence-electron chi connectivity index (χ3n) is 5.05. The Morgan fingerprint density at radius 1 is 1.32 bits per heavy atom. The summed E-state index contributed by atoms with van der Waals surface area (Å²) in [6.45, 7) is 5.40. The predicted molar refractivity (Wildman–Crippen MR) is 133 cm³/mol. The Balaban J connectivity index is 1.86. The Morgan fingerprint density at radius 3 is 2.61 bits per heavy atom. The number of aliphatic hydroxyl groups excluding tert-OH is 1. The second-order valence-electron chi connectivity index (χ2n) is 8.38. The molecule has 1 fully saturated rings. The number of benzene rings is 1. The number of hydrogen-bond donors (Lipinski definition) is 2. The molecule has 0 spiro atoms. The molecule has 6 atom stereocenters. The molecule has 2 N–H and O–H groups in total. The molecule has 0 radical (unpaired) electrons. The normalized spacial score (nSPS) is 25.2. The standard InChI is InChI=1S/C23H27ClN3O10P/c1-5-11-23(24)19(29)17(35-21(23)27-22(31)26-18(28)12-25-27)13-33-38(32,37-16-9-7-6-8-10-16)36-15(4)20(30)34-14(2)3/h6-10,12,14-15,17,19,21,29H,13H2,1-4H3,(H,26,28,31)/t15-,17+,19?,21+,23+,38-/m0/s1. The van der Waals surface area contributed by atoms with E-state index in [9.17, 15) is 24.1 Å². The minimum Gasteiger partial charge on any atom is -0.461 e. The van der Waals surface area contributed by atoms with Crippen LogP contribution in [0, 0.1) is 11.8 Å². The summed E-state index contributed by atoms with van der Waals surface area (Å²) in [5.74, 6) is 4.45. The van der Waals surface area contributed by atoms with Crippen LogP contribution in [-0.2, 0) is 27.9 Å². The summed E-state index contributed by atoms with van der Waals surface area (Å²) in [6.07, 6.45) is -5.38. The van der Waals surface area contributed by atoms with E-state index in [4.69, 9.17) is 34.6 Å². The number of nitrogens with one attached hydrogen (secondary N) is 1. The molecule has 1 unspecified atom stereocenters. The van der Waals surface area contributed by atoms with Gasteiger partial charge >= 0.3 is 19.5 Å². The number of rotatable bonds is 10. The van der Waals surface area contributed by atoms with Crippen LogP contribution in [0.2, 0.25) is 0 Å². The van der Waals surface area contributed by atoms with Crippen LogP contribution in [0.25, 0.3) is 0 Å². The molecule has 13 nitrogen and oxygen atoms in total. The summed E-state index contributed by atoms with van der Waals surface area (Å²) in [5.41, 5.74) is -1.72. The lowest BCUT2D eigenvalue weighted by Crippen LogP contribution is -2.45. The Kier molecular flexibility index (Phi) is 9.54. The summed E-state index contributed by atoms with van der Waals surface area (Å²) < 4.78 is 41.4. The molecule has 38 heavy (non-hydrogen) atoms. The Labute approximate surface area is 222 Å². The van der Waals surface area contributed by atoms with Crippen molar-refractivity contribution in [2.45, 2.75) is 63.2 Å². The van der Waals surface area contributed by atoms with Crippen molar-refractivity contribution in [3.8, 4) is 17.6 Å². The maximum atomic E-state index is 13.6. The van der Waals surface area contributed by atoms with Gasteiger partial charge in [-0.1, -0.05) is 35.7 Å². The quantitative estimate of drug-likeness (QED) is 0.184. The summed E-state index contributed by atoms with van der Waals surface area (Å²) >= 11 is 6.59. The van der Waals surface area contributed by atoms with Crippen molar-refractivity contribution in [2.75, 3.05) is 6.61 Å². The van der Waals surface area contributed by atoms with Crippen molar-refractivity contribution in [2.24, 2.45) is 0 Å². The van der Waals surface area contributed by atoms with Crippen molar-refractivity contribution >= 4 is 25.4 Å². The summed E-state index contributed by atoms with van der Waals surface area (Å²) in [6, 6.07) is 7.91. The van der Waals surface area contributed by atoms with Gasteiger partial charge < -0.3 is 19.1 Å². The molecular formula is C23H27ClN3O10P. The molecule has 2 heterocycles. The number of nitrogens with zero attached hydrogens (tertiary/aromatic N) is 2. The summed E-state index contributed by atoms with van der Waals surface area (Å²) in [5, 5.41) is 14.7. The molecule has 0 aliphatic carbocycles. The van der Waals surface area contributed by atoms with E-state index in [0.717, 1.165) is 6.20 Å². The predicted octanol–water partition coefficient (Wildman–Crippen LogP) is 1.75. The number of phosphoric ester groups is 1. The lowest BCUT2D eigenvalue weighted by molar-refractivity contribution is -0.156. The molecule has 1 aliphatic rings. The van der Waals surface area contributed by atoms with Gasteiger partial charge in [-0.3, -0.25) is 18.8 Å². The number of hydrogen-bond acceptors (Lipinski definition) is 11. The number of esters is 1. The highest BCUT2D eigenvalue weighted by molar-refractivity contribution is 7.49. The molecular weight excluding hydrogens is 545 g/mol. The Bertz CT molecular complexity index is 1350. The van der Waals surface area contributed by atoms with E-state index in [1.54, 1.807) is 32.0 Å². The van der Waals surface area contributed by atoms with Gasteiger partial charge in [0.15, 0.2) is 17.2 Å². The van der Waals surface area contributed by atoms with Crippen LogP contribution in [0.1, 0.15) is 33.9 Å². The van der Waals surface area contributed by atoms with Gasteiger partial charge in [-0.25, -0.2) is 14.2 Å². The molecule has 206 valence electrons. The van der Waals surface area contributed by atoms with E-state index >= 15 is 0 Å². The number of phosphoric acid groups is 1. The fraction of sp³-hybridized carbons (Fsp3) is 0.478. The average Bonchev–Trinajstić information content (AvgIpc) is 3.08. The smallest absolute Gasteiger partial charge is 0.461 e. The Hall–Kier alpha value is -2.98. The maximum absolute atomic E-state index is 13.6. The minimum atomic E-state index is -4.54. The first-order valence-electron chi connectivity index (χ1n) is 11.4. The second kappa shape index (κ2) is 12.3. The number of H-pyrrole nitrogens is 1. The highest BCUT2D eigenvalue weighted by Gasteiger charge is 2.57. The number of alkyl halides is 1. The van der Waals surface area contributed by atoms with Gasteiger partial charge in [-0.05, 0) is 39.8 Å². The molecule has 0 saturated carbocycles. The first-order valence-corrected chi connectivity index (χ1v) is 13.2. The van der Waals surface area contributed by atoms with Crippen LogP contribution in [-0.4, -0.2) is 61.7 Å². The number of carbonyl (C=O) groups excluding carboxylic acids is 1. The van der Waals surface area contributed by atoms with E-state index in [0.29, 0.717) is 4.68 Å². The first kappa shape index (κ1) is 29.6. The number of carbonyl (C=O) groups is 1.